The van der Waals surface area contributed by atoms with E-state index in [2.05, 4.69) is 168 Å². The predicted octanol–water partition coefficient (Wildman–Crippen LogP) is 21.1. The lowest BCUT2D eigenvalue weighted by Crippen LogP contribution is -2.45. The van der Waals surface area contributed by atoms with E-state index in [1.54, 1.807) is 48.7 Å². The maximum absolute atomic E-state index is 13.9. The van der Waals surface area contributed by atoms with Gasteiger partial charge in [0, 0.05) is 135 Å². The van der Waals surface area contributed by atoms with E-state index in [1.165, 1.54) is 11.3 Å². The summed E-state index contributed by atoms with van der Waals surface area (Å²) >= 11 is 4.88. The zero-order valence-corrected chi connectivity index (χ0v) is 91.6. The van der Waals surface area contributed by atoms with E-state index in [0.717, 1.165) is 131 Å². The molecular weight excluding hydrogens is 1910 g/mol. The molecule has 0 spiro atoms. The van der Waals surface area contributed by atoms with Gasteiger partial charge in [0.1, 0.15) is 40.7 Å². The van der Waals surface area contributed by atoms with Gasteiger partial charge in [0.05, 0.1) is 131 Å². The highest BCUT2D eigenvalue weighted by Gasteiger charge is 2.49. The number of hydrogen-bond acceptors (Lipinski definition) is 28. The molecule has 4 N–H and O–H groups in total. The number of aliphatic hydroxyl groups is 4. The average Bonchev–Trinajstić information content (AvgIpc) is 1.64. The Morgan fingerprint density at radius 3 is 1.07 bits per heavy atom. The van der Waals surface area contributed by atoms with E-state index >= 15 is 0 Å². The SMILES string of the molecule is CCC(C(=O)N1CC(O)CC1C(=O)CCc1ccc(-c2scnc2C)cc1)c1cc(C(C)(C)C)no1.Cc1ncoc1-c1ccc(CCC(=O)C2CC(O)CN2C(=O)C(c2cc(C(C)(C)C)no2)C(C)C)cc1.Cc1ncsc1-c1ccc(CCC(=O)C2CC(O)CN2C(=O)C(c2cc(C(C)(C)C)no2)C2CCC2)cc1.Cc1ncsc1-c1ccc(CCC(=O)C2CC(O)CN2CC(c2cc(C(C)(C)C)no2)C(C)C)cc1. The number of nitrogens with zero attached hydrogens (tertiary/aromatic N) is 12. The van der Waals surface area contributed by atoms with Gasteiger partial charge in [-0.25, -0.2) is 19.9 Å². The van der Waals surface area contributed by atoms with E-state index < -0.39 is 60.3 Å². The minimum absolute atomic E-state index is 0.00223. The van der Waals surface area contributed by atoms with E-state index in [4.69, 9.17) is 22.5 Å². The van der Waals surface area contributed by atoms with Crippen molar-refractivity contribution < 1.29 is 76.5 Å². The fourth-order valence-electron chi connectivity index (χ4n) is 20.1. The molecule has 0 bridgehead atoms. The van der Waals surface area contributed by atoms with Crippen molar-refractivity contribution in [3.8, 4) is 42.6 Å². The number of carbonyl (C=O) groups excluding carboxylic acids is 7. The molecule has 12 heterocycles. The number of β-amino-alcohol motifs (C(OH)–C–C–N with tert-alkyl or cyclic N) is 4. The molecule has 12 aromatic rings. The standard InChI is InChI=1S/C30H37N3O4S.C29H37N3O5.C29H39N3O3S.C28H35N3O4S/c1-18-28(38-17-31-18)21-11-8-19(9-12-21)10-13-24(35)23-14-22(34)16-33(23)29(36)27(20-6-5-7-20)25-15-26(32-37-25)30(2,3)4;1-17(2)26(24-14-25(31-37-24)29(4,5)6)28(35)32-15-21(33)13-22(32)23(34)12-9-19-7-10-20(11-8-19)27-18(3)30-16-36-27;1-18(2)23(26-14-27(31-35-26)29(4,5)6)16-32-15-22(33)13-24(32)25(34)12-9-20-7-10-21(11-8-20)28-19(3)30-17-36-28;1-6-21(24-14-25(30-35-24)28(3,4)5)27(34)31-15-20(32)13-22(31)23(33)12-9-18-7-10-19(11-8-18)26-17(2)29-16-36-26/h8-9,11-12,15,17,20,22-23,27,34H,5-7,10,13-14,16H2,1-4H3;7-8,10-11,14,16-17,21-22,26,33H,9,12-13,15H2,1-6H3;7-8,10-11,14,17-18,22-24,33H,9,12-13,15-16H2,1-6H3;7-8,10-11,14,16,20-22,32H,6,9,12-13,15H2,1-5H3. The maximum atomic E-state index is 13.9. The molecule has 4 aromatic carbocycles. The number of hydrogen-bond donors (Lipinski definition) is 4. The van der Waals surface area contributed by atoms with Crippen LogP contribution in [0.3, 0.4) is 0 Å². The van der Waals surface area contributed by atoms with Gasteiger partial charge in [-0.3, -0.25) is 38.5 Å². The molecule has 5 aliphatic rings. The number of amides is 3. The van der Waals surface area contributed by atoms with Gasteiger partial charge in [-0.1, -0.05) is 242 Å². The second-order valence-electron chi connectivity index (χ2n) is 45.4. The number of oxazole rings is 1. The van der Waals surface area contributed by atoms with Crippen LogP contribution in [0, 0.1) is 45.4 Å². The number of ketones is 4. The second kappa shape index (κ2) is 48.1. The zero-order chi connectivity index (χ0) is 106. The largest absolute Gasteiger partial charge is 0.443 e. The van der Waals surface area contributed by atoms with E-state index in [9.17, 15) is 54.0 Å². The molecule has 4 aliphatic heterocycles. The predicted molar refractivity (Wildman–Crippen MR) is 570 cm³/mol. The van der Waals surface area contributed by atoms with Crippen molar-refractivity contribution in [1.82, 2.24) is 60.2 Å². The minimum Gasteiger partial charge on any atom is -0.443 e. The Labute approximate surface area is 876 Å². The van der Waals surface area contributed by atoms with Crippen molar-refractivity contribution in [2.24, 2.45) is 17.8 Å². The molecule has 4 saturated heterocycles. The summed E-state index contributed by atoms with van der Waals surface area (Å²) in [6, 6.07) is 38.3. The summed E-state index contributed by atoms with van der Waals surface area (Å²) < 4.78 is 28.1. The molecule has 8 aromatic heterocycles. The zero-order valence-electron chi connectivity index (χ0n) is 89.1. The van der Waals surface area contributed by atoms with Crippen LogP contribution >= 0.6 is 34.0 Å². The Morgan fingerprint density at radius 2 is 0.728 bits per heavy atom. The summed E-state index contributed by atoms with van der Waals surface area (Å²) in [4.78, 5) is 122. The molecule has 1 aliphatic carbocycles. The molecule has 12 unspecified atom stereocenters. The highest BCUT2D eigenvalue weighted by Crippen LogP contribution is 2.45. The summed E-state index contributed by atoms with van der Waals surface area (Å²) in [6.45, 7) is 44.6. The first-order valence-electron chi connectivity index (χ1n) is 52.0. The molecule has 3 amide bonds. The van der Waals surface area contributed by atoms with Gasteiger partial charge in [0.25, 0.3) is 0 Å². The molecule has 147 heavy (non-hydrogen) atoms. The number of likely N-dealkylation sites (tertiary alicyclic amines) is 4. The Hall–Kier alpha value is -11.3. The van der Waals surface area contributed by atoms with Crippen LogP contribution in [-0.2, 0) is 80.9 Å². The van der Waals surface area contributed by atoms with Gasteiger partial charge in [-0.2, -0.15) is 0 Å². The topological polar surface area (TPSA) is 382 Å². The second-order valence-corrected chi connectivity index (χ2v) is 48.0. The van der Waals surface area contributed by atoms with Crippen LogP contribution < -0.4 is 0 Å². The molecule has 31 heteroatoms. The van der Waals surface area contributed by atoms with E-state index in [1.807, 2.05) is 161 Å². The number of benzene rings is 4. The molecule has 1 saturated carbocycles. The van der Waals surface area contributed by atoms with E-state index in [0.29, 0.717) is 94.1 Å². The number of rotatable bonds is 33. The lowest BCUT2D eigenvalue weighted by molar-refractivity contribution is -0.141. The van der Waals surface area contributed by atoms with Gasteiger partial charge >= 0.3 is 0 Å². The number of aryl methyl sites for hydroxylation is 8. The van der Waals surface area contributed by atoms with Crippen LogP contribution in [0.4, 0.5) is 0 Å². The number of thiazole rings is 3. The fraction of sp³-hybridized carbons (Fsp3) is 0.526. The third-order valence-electron chi connectivity index (χ3n) is 29.3. The highest BCUT2D eigenvalue weighted by molar-refractivity contribution is 7.14. The Morgan fingerprint density at radius 1 is 0.395 bits per heavy atom. The lowest BCUT2D eigenvalue weighted by Gasteiger charge is -2.35. The van der Waals surface area contributed by atoms with Crippen LogP contribution in [0.2, 0.25) is 0 Å². The quantitative estimate of drug-likeness (QED) is 0.0297. The molecule has 0 radical (unpaired) electrons. The molecule has 17 rings (SSSR count). The van der Waals surface area contributed by atoms with Gasteiger partial charge in [-0.15, -0.1) is 34.0 Å². The Balaban J connectivity index is 0.000000155. The highest BCUT2D eigenvalue weighted by atomic mass is 32.1. The number of aromatic nitrogens is 8. The van der Waals surface area contributed by atoms with Crippen LogP contribution in [0.25, 0.3) is 42.6 Å². The molecule has 786 valence electrons. The van der Waals surface area contributed by atoms with Gasteiger partial charge in [-0.05, 0) is 136 Å². The third kappa shape index (κ3) is 27.7. The van der Waals surface area contributed by atoms with Gasteiger partial charge < -0.3 is 57.6 Å². The van der Waals surface area contributed by atoms with Crippen molar-refractivity contribution in [3.63, 3.8) is 0 Å². The Kier molecular flexibility index (Phi) is 36.5. The van der Waals surface area contributed by atoms with Gasteiger partial charge in [0.15, 0.2) is 29.5 Å². The van der Waals surface area contributed by atoms with Gasteiger partial charge in [0.2, 0.25) is 17.7 Å². The third-order valence-corrected chi connectivity index (χ3v) is 32.2. The smallest absolute Gasteiger partial charge is 0.234 e. The van der Waals surface area contributed by atoms with E-state index in [-0.39, 0.29) is 132 Å². The van der Waals surface area contributed by atoms with Crippen LogP contribution in [0.1, 0.15) is 309 Å². The fourth-order valence-corrected chi connectivity index (χ4v) is 22.5. The van der Waals surface area contributed by atoms with Crippen molar-refractivity contribution in [2.75, 3.05) is 32.7 Å². The molecule has 5 fully saturated rings. The lowest BCUT2D eigenvalue weighted by atomic mass is 9.74. The number of Topliss-reactive ketones (excluding diaryl/α,β-unsaturated/α-hetero) is 4. The first kappa shape index (κ1) is 111. The van der Waals surface area contributed by atoms with Crippen LogP contribution in [0.5, 0.6) is 0 Å². The Bertz CT molecular complexity index is 6420. The molecule has 28 nitrogen and oxygen atoms in total. The van der Waals surface area contributed by atoms with Crippen molar-refractivity contribution >= 4 is 74.9 Å². The number of aliphatic hydroxyl groups excluding tert-OH is 4. The monoisotopic (exact) mass is 2060 g/mol. The normalized spacial score (nSPS) is 19.7. The molecule has 12 atom stereocenters. The summed E-state index contributed by atoms with van der Waals surface area (Å²) in [6.07, 6.45) is 7.46. The first-order valence-corrected chi connectivity index (χ1v) is 54.7. The van der Waals surface area contributed by atoms with Crippen LogP contribution in [-0.4, -0.2) is 203 Å². The first-order chi connectivity index (χ1) is 69.7. The summed E-state index contributed by atoms with van der Waals surface area (Å²) in [5.41, 5.74) is 20.8. The van der Waals surface area contributed by atoms with Crippen LogP contribution in [0.15, 0.2) is 167 Å². The average molecular weight is 2060 g/mol. The van der Waals surface area contributed by atoms with Crippen molar-refractivity contribution in [3.05, 3.63) is 235 Å². The summed E-state index contributed by atoms with van der Waals surface area (Å²) in [7, 11) is 0. The summed E-state index contributed by atoms with van der Waals surface area (Å²) in [5.74, 6) is 1.78. The van der Waals surface area contributed by atoms with Crippen molar-refractivity contribution in [1.29, 1.82) is 0 Å². The summed E-state index contributed by atoms with van der Waals surface area (Å²) in [5, 5.41) is 58.6. The number of carbonyl (C=O) groups is 7. The minimum atomic E-state index is -0.727. The maximum Gasteiger partial charge on any atom is 0.234 e. The van der Waals surface area contributed by atoms with Crippen molar-refractivity contribution in [2.45, 2.75) is 342 Å². The molecular formula is C116H148N12O16S3.